The second-order valence-corrected chi connectivity index (χ2v) is 6.53. The Morgan fingerprint density at radius 2 is 1.96 bits per heavy atom. The van der Waals surface area contributed by atoms with Crippen LogP contribution >= 0.6 is 0 Å². The summed E-state index contributed by atoms with van der Waals surface area (Å²) in [7, 11) is 0. The van der Waals surface area contributed by atoms with E-state index >= 15 is 0 Å². The van der Waals surface area contributed by atoms with Crippen LogP contribution in [-0.4, -0.2) is 49.9 Å². The van der Waals surface area contributed by atoms with Crippen molar-refractivity contribution in [1.29, 1.82) is 0 Å². The maximum absolute atomic E-state index is 12.5. The topological polar surface area (TPSA) is 94.1 Å². The van der Waals surface area contributed by atoms with Gasteiger partial charge in [-0.15, -0.1) is 0 Å². The predicted octanol–water partition coefficient (Wildman–Crippen LogP) is 0.690. The molecule has 3 N–H and O–H groups in total. The van der Waals surface area contributed by atoms with E-state index in [1.165, 1.54) is 4.90 Å². The van der Waals surface area contributed by atoms with Gasteiger partial charge in [0.2, 0.25) is 6.79 Å². The van der Waals surface area contributed by atoms with E-state index in [0.717, 1.165) is 25.9 Å². The van der Waals surface area contributed by atoms with Gasteiger partial charge in [0.05, 0.1) is 30.9 Å². The molecule has 0 unspecified atom stereocenters. The zero-order chi connectivity index (χ0) is 18.1. The molecule has 1 amide bonds. The second kappa shape index (κ2) is 6.87. The first-order chi connectivity index (χ1) is 12.7. The van der Waals surface area contributed by atoms with Crippen molar-refractivity contribution < 1.29 is 28.7 Å². The SMILES string of the molecule is CCOC(=O)c1[nH]c2cc3c(cc2c1NC(=O)C[NH+]1CCCC1)OCO3. The van der Waals surface area contributed by atoms with Gasteiger partial charge in [-0.3, -0.25) is 4.79 Å². The van der Waals surface area contributed by atoms with E-state index in [1.807, 2.05) is 0 Å². The predicted molar refractivity (Wildman–Crippen MR) is 93.8 cm³/mol. The molecule has 26 heavy (non-hydrogen) atoms. The number of ether oxygens (including phenoxy) is 3. The Morgan fingerprint density at radius 3 is 2.69 bits per heavy atom. The van der Waals surface area contributed by atoms with Crippen molar-refractivity contribution in [3.05, 3.63) is 17.8 Å². The molecule has 0 atom stereocenters. The van der Waals surface area contributed by atoms with Crippen molar-refractivity contribution in [1.82, 2.24) is 4.98 Å². The number of hydrogen-bond acceptors (Lipinski definition) is 5. The van der Waals surface area contributed by atoms with Gasteiger partial charge in [0.25, 0.3) is 5.91 Å². The summed E-state index contributed by atoms with van der Waals surface area (Å²) in [6.07, 6.45) is 2.29. The molecule has 0 radical (unpaired) electrons. The third-order valence-electron chi connectivity index (χ3n) is 4.76. The number of H-pyrrole nitrogens is 1. The monoisotopic (exact) mass is 360 g/mol. The van der Waals surface area contributed by atoms with Crippen molar-refractivity contribution in [3.8, 4) is 11.5 Å². The molecule has 1 aromatic heterocycles. The molecule has 1 fully saturated rings. The van der Waals surface area contributed by atoms with Crippen molar-refractivity contribution in [2.75, 3.05) is 38.4 Å². The zero-order valence-electron chi connectivity index (χ0n) is 14.6. The second-order valence-electron chi connectivity index (χ2n) is 6.53. The summed E-state index contributed by atoms with van der Waals surface area (Å²) in [4.78, 5) is 29.2. The van der Waals surface area contributed by atoms with Crippen molar-refractivity contribution in [3.63, 3.8) is 0 Å². The van der Waals surface area contributed by atoms with Gasteiger partial charge in [0.1, 0.15) is 5.69 Å². The minimum atomic E-state index is -0.505. The van der Waals surface area contributed by atoms with E-state index in [1.54, 1.807) is 19.1 Å². The van der Waals surface area contributed by atoms with Crippen LogP contribution in [0.3, 0.4) is 0 Å². The number of nitrogens with one attached hydrogen (secondary N) is 3. The molecule has 2 aromatic rings. The lowest BCUT2D eigenvalue weighted by molar-refractivity contribution is -0.878. The van der Waals surface area contributed by atoms with Crippen molar-refractivity contribution >= 4 is 28.5 Å². The lowest BCUT2D eigenvalue weighted by Gasteiger charge is -2.12. The number of esters is 1. The Labute approximate surface area is 150 Å². The molecule has 0 saturated carbocycles. The van der Waals surface area contributed by atoms with Crippen molar-refractivity contribution in [2.45, 2.75) is 19.8 Å². The molecule has 0 aliphatic carbocycles. The maximum atomic E-state index is 12.5. The number of amides is 1. The molecule has 3 heterocycles. The molecular formula is C18H22N3O5+. The number of rotatable bonds is 5. The number of anilines is 1. The fourth-order valence-corrected chi connectivity index (χ4v) is 3.53. The standard InChI is InChI=1S/C18H21N3O5/c1-2-24-18(23)17-16(20-15(22)9-21-5-3-4-6-21)11-7-13-14(26-10-25-13)8-12(11)19-17/h7-8,19H,2-6,9-10H2,1H3,(H,20,22)/p+1. The van der Waals surface area contributed by atoms with E-state index < -0.39 is 5.97 Å². The van der Waals surface area contributed by atoms with E-state index in [-0.39, 0.29) is 25.0 Å². The molecule has 0 bridgehead atoms. The summed E-state index contributed by atoms with van der Waals surface area (Å²) >= 11 is 0. The van der Waals surface area contributed by atoms with Gasteiger partial charge >= 0.3 is 5.97 Å². The molecule has 2 aliphatic heterocycles. The fourth-order valence-electron chi connectivity index (χ4n) is 3.53. The van der Waals surface area contributed by atoms with Crippen LogP contribution in [0.5, 0.6) is 11.5 Å². The summed E-state index contributed by atoms with van der Waals surface area (Å²) < 4.78 is 15.9. The van der Waals surface area contributed by atoms with Gasteiger partial charge in [0.15, 0.2) is 18.0 Å². The summed E-state index contributed by atoms with van der Waals surface area (Å²) in [5.74, 6) is 0.571. The zero-order valence-corrected chi connectivity index (χ0v) is 14.6. The van der Waals surface area contributed by atoms with E-state index in [9.17, 15) is 9.59 Å². The highest BCUT2D eigenvalue weighted by Gasteiger charge is 2.26. The van der Waals surface area contributed by atoms with Gasteiger partial charge < -0.3 is 29.4 Å². The Morgan fingerprint density at radius 1 is 1.23 bits per heavy atom. The highest BCUT2D eigenvalue weighted by Crippen LogP contribution is 2.39. The lowest BCUT2D eigenvalue weighted by Crippen LogP contribution is -3.11. The highest BCUT2D eigenvalue weighted by molar-refractivity contribution is 6.11. The first-order valence-corrected chi connectivity index (χ1v) is 8.91. The summed E-state index contributed by atoms with van der Waals surface area (Å²) in [6, 6.07) is 3.54. The minimum Gasteiger partial charge on any atom is -0.461 e. The maximum Gasteiger partial charge on any atom is 0.356 e. The molecule has 2 aliphatic rings. The Balaban J connectivity index is 1.68. The van der Waals surface area contributed by atoms with Gasteiger partial charge in [-0.1, -0.05) is 0 Å². The number of carbonyl (C=O) groups is 2. The first-order valence-electron chi connectivity index (χ1n) is 8.91. The van der Waals surface area contributed by atoms with E-state index in [2.05, 4.69) is 10.3 Å². The Hall–Kier alpha value is -2.74. The molecule has 0 spiro atoms. The minimum absolute atomic E-state index is 0.119. The molecule has 8 nitrogen and oxygen atoms in total. The van der Waals surface area contributed by atoms with E-state index in [0.29, 0.717) is 34.6 Å². The largest absolute Gasteiger partial charge is 0.461 e. The van der Waals surface area contributed by atoms with Gasteiger partial charge in [0, 0.05) is 24.3 Å². The lowest BCUT2D eigenvalue weighted by atomic mass is 10.2. The van der Waals surface area contributed by atoms with Crippen LogP contribution in [0.15, 0.2) is 12.1 Å². The number of fused-ring (bicyclic) bond motifs is 2. The van der Waals surface area contributed by atoms with Crippen LogP contribution in [0.4, 0.5) is 5.69 Å². The molecule has 4 rings (SSSR count). The number of hydrogen-bond donors (Lipinski definition) is 3. The normalized spacial score (nSPS) is 16.2. The number of benzene rings is 1. The van der Waals surface area contributed by atoms with Crippen LogP contribution in [0.2, 0.25) is 0 Å². The molecular weight excluding hydrogens is 338 g/mol. The summed E-state index contributed by atoms with van der Waals surface area (Å²) in [5.41, 5.74) is 1.34. The highest BCUT2D eigenvalue weighted by atomic mass is 16.7. The number of carbonyl (C=O) groups excluding carboxylic acids is 2. The van der Waals surface area contributed by atoms with Crippen LogP contribution in [-0.2, 0) is 9.53 Å². The van der Waals surface area contributed by atoms with Gasteiger partial charge in [-0.2, -0.15) is 0 Å². The first kappa shape index (κ1) is 16.7. The average Bonchev–Trinajstić information content (AvgIpc) is 3.33. The Kier molecular flexibility index (Phi) is 4.42. The van der Waals surface area contributed by atoms with Gasteiger partial charge in [-0.25, -0.2) is 4.79 Å². The van der Waals surface area contributed by atoms with Crippen LogP contribution in [0.1, 0.15) is 30.3 Å². The van der Waals surface area contributed by atoms with Crippen molar-refractivity contribution in [2.24, 2.45) is 0 Å². The van der Waals surface area contributed by atoms with Crippen LogP contribution in [0.25, 0.3) is 10.9 Å². The molecule has 1 saturated heterocycles. The Bertz CT molecular complexity index is 854. The quantitative estimate of drug-likeness (QED) is 0.682. The van der Waals surface area contributed by atoms with E-state index in [4.69, 9.17) is 14.2 Å². The molecule has 138 valence electrons. The molecule has 1 aromatic carbocycles. The van der Waals surface area contributed by atoms with Crippen LogP contribution < -0.4 is 19.7 Å². The third kappa shape index (κ3) is 3.08. The average molecular weight is 360 g/mol. The summed E-state index contributed by atoms with van der Waals surface area (Å²) in [5, 5.41) is 3.60. The van der Waals surface area contributed by atoms with Crippen LogP contribution in [0, 0.1) is 0 Å². The number of quaternary nitrogens is 1. The third-order valence-corrected chi connectivity index (χ3v) is 4.76. The summed E-state index contributed by atoms with van der Waals surface area (Å²) in [6.45, 7) is 4.55. The molecule has 8 heteroatoms. The smallest absolute Gasteiger partial charge is 0.356 e. The number of likely N-dealkylation sites (tertiary alicyclic amines) is 1. The number of aromatic amines is 1. The fraction of sp³-hybridized carbons (Fsp3) is 0.444. The number of aromatic nitrogens is 1. The van der Waals surface area contributed by atoms with Gasteiger partial charge in [-0.05, 0) is 13.0 Å².